The van der Waals surface area contributed by atoms with Crippen molar-refractivity contribution in [2.75, 3.05) is 10.6 Å². The Morgan fingerprint density at radius 2 is 1.79 bits per heavy atom. The van der Waals surface area contributed by atoms with Gasteiger partial charge >= 0.3 is 0 Å². The molecule has 3 aromatic rings. The summed E-state index contributed by atoms with van der Waals surface area (Å²) in [6.07, 6.45) is -0.851. The first kappa shape index (κ1) is 19.0. The second-order valence-electron chi connectivity index (χ2n) is 6.19. The van der Waals surface area contributed by atoms with Gasteiger partial charge in [0.25, 0.3) is 5.91 Å². The molecule has 4 nitrogen and oxygen atoms in total. The van der Waals surface area contributed by atoms with Crippen LogP contribution in [-0.4, -0.2) is 17.8 Å². The second-order valence-corrected chi connectivity index (χ2v) is 7.95. The van der Waals surface area contributed by atoms with Crippen molar-refractivity contribution in [2.45, 2.75) is 6.17 Å². The Balaban J connectivity index is 1.85. The van der Waals surface area contributed by atoms with Crippen molar-refractivity contribution >= 4 is 62.1 Å². The fraction of sp³-hybridized carbons (Fsp3) is 0.0476. The molecule has 0 saturated heterocycles. The summed E-state index contributed by atoms with van der Waals surface area (Å²) in [5.41, 5.74) is 3.52. The number of nitrogens with one attached hydrogen (secondary N) is 2. The van der Waals surface area contributed by atoms with E-state index in [4.69, 9.17) is 28.2 Å². The number of hydrogen-bond acceptors (Lipinski definition) is 3. The summed E-state index contributed by atoms with van der Waals surface area (Å²) in [6, 6.07) is 20.2. The summed E-state index contributed by atoms with van der Waals surface area (Å²) in [4.78, 5) is 17.6. The van der Waals surface area contributed by atoms with Gasteiger partial charge in [0.05, 0.1) is 11.4 Å². The third-order valence-electron chi connectivity index (χ3n) is 4.26. The molecule has 0 spiro atoms. The molecule has 28 heavy (non-hydrogen) atoms. The molecule has 2 N–H and O–H groups in total. The highest BCUT2D eigenvalue weighted by Crippen LogP contribution is 2.30. The zero-order valence-electron chi connectivity index (χ0n) is 14.4. The van der Waals surface area contributed by atoms with Gasteiger partial charge < -0.3 is 10.6 Å². The van der Waals surface area contributed by atoms with E-state index in [1.165, 1.54) is 0 Å². The molecule has 1 aliphatic heterocycles. The third-order valence-corrected chi connectivity index (χ3v) is 5.32. The van der Waals surface area contributed by atoms with E-state index < -0.39 is 6.17 Å². The number of anilines is 2. The first-order valence-electron chi connectivity index (χ1n) is 8.47. The zero-order valence-corrected chi connectivity index (χ0v) is 17.5. The van der Waals surface area contributed by atoms with Crippen molar-refractivity contribution in [2.24, 2.45) is 4.99 Å². The number of rotatable bonds is 3. The van der Waals surface area contributed by atoms with Crippen LogP contribution in [0.4, 0.5) is 11.4 Å². The Hall–Kier alpha value is -2.34. The molecular weight excluding hydrogens is 461 g/mol. The fourth-order valence-electron chi connectivity index (χ4n) is 2.98. The van der Waals surface area contributed by atoms with E-state index in [-0.39, 0.29) is 5.91 Å². The first-order chi connectivity index (χ1) is 13.5. The first-order valence-corrected chi connectivity index (χ1v) is 10.0. The highest BCUT2D eigenvalue weighted by atomic mass is 79.9. The predicted octanol–water partition coefficient (Wildman–Crippen LogP) is 5.98. The molecule has 1 aliphatic rings. The van der Waals surface area contributed by atoms with Crippen molar-refractivity contribution in [3.63, 3.8) is 0 Å². The minimum atomic E-state index is -0.851. The van der Waals surface area contributed by atoms with Crippen LogP contribution in [0.25, 0.3) is 0 Å². The number of fused-ring (bicyclic) bond motifs is 1. The SMILES string of the molecule is O=C1Nc2ccc(Br)cc2C(c2ccccc2Cl)=NC1Nc1cccc(Cl)c1. The number of carbonyl (C=O) groups is 1. The van der Waals surface area contributed by atoms with Crippen LogP contribution in [0.5, 0.6) is 0 Å². The Morgan fingerprint density at radius 1 is 0.964 bits per heavy atom. The van der Waals surface area contributed by atoms with Gasteiger partial charge in [-0.25, -0.2) is 4.99 Å². The van der Waals surface area contributed by atoms with Crippen LogP contribution in [0.3, 0.4) is 0 Å². The number of aliphatic imine (C=N–C) groups is 1. The summed E-state index contributed by atoms with van der Waals surface area (Å²) < 4.78 is 0.876. The van der Waals surface area contributed by atoms with Crippen LogP contribution in [0, 0.1) is 0 Å². The van der Waals surface area contributed by atoms with Crippen LogP contribution in [0.2, 0.25) is 10.0 Å². The van der Waals surface area contributed by atoms with Crippen molar-refractivity contribution < 1.29 is 4.79 Å². The summed E-state index contributed by atoms with van der Waals surface area (Å²) in [7, 11) is 0. The number of halogens is 3. The highest BCUT2D eigenvalue weighted by Gasteiger charge is 2.26. The molecule has 0 fully saturated rings. The number of amides is 1. The molecule has 0 bridgehead atoms. The molecule has 1 amide bonds. The average molecular weight is 475 g/mol. The highest BCUT2D eigenvalue weighted by molar-refractivity contribution is 9.10. The predicted molar refractivity (Wildman–Crippen MR) is 119 cm³/mol. The lowest BCUT2D eigenvalue weighted by molar-refractivity contribution is -0.116. The molecule has 4 rings (SSSR count). The molecule has 7 heteroatoms. The maximum atomic E-state index is 12.9. The van der Waals surface area contributed by atoms with Crippen molar-refractivity contribution in [1.29, 1.82) is 0 Å². The van der Waals surface area contributed by atoms with E-state index in [0.29, 0.717) is 27.1 Å². The van der Waals surface area contributed by atoms with Gasteiger partial charge in [-0.05, 0) is 42.5 Å². The minimum absolute atomic E-state index is 0.273. The van der Waals surface area contributed by atoms with E-state index in [1.807, 2.05) is 48.5 Å². The maximum Gasteiger partial charge on any atom is 0.269 e. The van der Waals surface area contributed by atoms with E-state index in [0.717, 1.165) is 15.6 Å². The number of nitrogens with zero attached hydrogens (tertiary/aromatic N) is 1. The van der Waals surface area contributed by atoms with Crippen LogP contribution < -0.4 is 10.6 Å². The zero-order chi connectivity index (χ0) is 19.7. The van der Waals surface area contributed by atoms with E-state index in [9.17, 15) is 4.79 Å². The van der Waals surface area contributed by atoms with Gasteiger partial charge in [0.15, 0.2) is 6.17 Å². The molecule has 1 unspecified atom stereocenters. The van der Waals surface area contributed by atoms with Crippen molar-refractivity contribution in [1.82, 2.24) is 0 Å². The minimum Gasteiger partial charge on any atom is -0.356 e. The topological polar surface area (TPSA) is 53.5 Å². The van der Waals surface area contributed by atoms with Gasteiger partial charge in [0.1, 0.15) is 0 Å². The average Bonchev–Trinajstić information content (AvgIpc) is 2.79. The normalized spacial score (nSPS) is 15.9. The van der Waals surface area contributed by atoms with Crippen LogP contribution in [-0.2, 0) is 4.79 Å². The van der Waals surface area contributed by atoms with Crippen LogP contribution in [0.1, 0.15) is 11.1 Å². The molecular formula is C21H14BrCl2N3O. The van der Waals surface area contributed by atoms with Gasteiger partial charge in [-0.1, -0.05) is 63.4 Å². The maximum absolute atomic E-state index is 12.9. The standard InChI is InChI=1S/C21H14BrCl2N3O/c22-12-8-9-18-16(10-12)19(15-6-1-2-7-17(15)24)27-20(21(28)26-18)25-14-5-3-4-13(23)11-14/h1-11,20,25H,(H,26,28). The summed E-state index contributed by atoms with van der Waals surface area (Å²) in [5.74, 6) is -0.273. The number of hydrogen-bond donors (Lipinski definition) is 2. The van der Waals surface area contributed by atoms with E-state index in [2.05, 4.69) is 26.6 Å². The number of benzene rings is 3. The lowest BCUT2D eigenvalue weighted by Crippen LogP contribution is -2.32. The lowest BCUT2D eigenvalue weighted by atomic mass is 10.0. The van der Waals surface area contributed by atoms with Gasteiger partial charge in [-0.3, -0.25) is 4.79 Å². The Bertz CT molecular complexity index is 1100. The van der Waals surface area contributed by atoms with Crippen molar-refractivity contribution in [3.8, 4) is 0 Å². The van der Waals surface area contributed by atoms with Gasteiger partial charge in [-0.2, -0.15) is 0 Å². The van der Waals surface area contributed by atoms with Crippen molar-refractivity contribution in [3.05, 3.63) is 92.4 Å². The lowest BCUT2D eigenvalue weighted by Gasteiger charge is -2.15. The summed E-state index contributed by atoms with van der Waals surface area (Å²) in [6.45, 7) is 0. The Labute approximate surface area is 180 Å². The monoisotopic (exact) mass is 473 g/mol. The second kappa shape index (κ2) is 7.95. The van der Waals surface area contributed by atoms with Gasteiger partial charge in [0, 0.05) is 31.3 Å². The summed E-state index contributed by atoms with van der Waals surface area (Å²) in [5, 5.41) is 7.21. The summed E-state index contributed by atoms with van der Waals surface area (Å²) >= 11 is 16.0. The van der Waals surface area contributed by atoms with Crippen LogP contribution >= 0.6 is 39.1 Å². The molecule has 1 atom stereocenters. The quantitative estimate of drug-likeness (QED) is 0.490. The fourth-order valence-corrected chi connectivity index (χ4v) is 3.76. The number of carbonyl (C=O) groups excluding carboxylic acids is 1. The molecule has 0 aliphatic carbocycles. The van der Waals surface area contributed by atoms with Gasteiger partial charge in [-0.15, -0.1) is 0 Å². The smallest absolute Gasteiger partial charge is 0.269 e. The largest absolute Gasteiger partial charge is 0.356 e. The van der Waals surface area contributed by atoms with E-state index >= 15 is 0 Å². The Morgan fingerprint density at radius 3 is 2.57 bits per heavy atom. The Kier molecular flexibility index (Phi) is 5.40. The molecule has 0 saturated carbocycles. The van der Waals surface area contributed by atoms with Gasteiger partial charge in [0.2, 0.25) is 0 Å². The number of benzodiazepines with no additional fused rings is 1. The third kappa shape index (κ3) is 3.92. The van der Waals surface area contributed by atoms with Crippen LogP contribution in [0.15, 0.2) is 76.2 Å². The van der Waals surface area contributed by atoms with E-state index in [1.54, 1.807) is 18.2 Å². The molecule has 140 valence electrons. The molecule has 0 radical (unpaired) electrons. The molecule has 0 aromatic heterocycles. The molecule has 3 aromatic carbocycles. The molecule has 1 heterocycles.